The predicted molar refractivity (Wildman–Crippen MR) is 76.8 cm³/mol. The lowest BCUT2D eigenvalue weighted by atomic mass is 9.99. The summed E-state index contributed by atoms with van der Waals surface area (Å²) in [7, 11) is 0. The Hall–Kier alpha value is -2.43. The van der Waals surface area contributed by atoms with Crippen molar-refractivity contribution < 1.29 is 9.90 Å². The third-order valence-electron chi connectivity index (χ3n) is 3.05. The number of carboxylic acid groups (broad SMARTS) is 1. The van der Waals surface area contributed by atoms with Crippen molar-refractivity contribution in [2.45, 2.75) is 19.8 Å². The number of aromatic nitrogens is 2. The monoisotopic (exact) mass is 271 g/mol. The number of nitrogens with one attached hydrogen (secondary N) is 1. The first-order chi connectivity index (χ1) is 9.58. The summed E-state index contributed by atoms with van der Waals surface area (Å²) in [6.45, 7) is 3.97. The molecule has 1 atom stereocenters. The third-order valence-corrected chi connectivity index (χ3v) is 3.05. The van der Waals surface area contributed by atoms with E-state index < -0.39 is 11.9 Å². The van der Waals surface area contributed by atoms with Gasteiger partial charge in [0.25, 0.3) is 0 Å². The van der Waals surface area contributed by atoms with Gasteiger partial charge in [0.2, 0.25) is 0 Å². The lowest BCUT2D eigenvalue weighted by Gasteiger charge is -2.15. The van der Waals surface area contributed by atoms with Crippen molar-refractivity contribution in [1.29, 1.82) is 0 Å². The molecule has 1 aromatic carbocycles. The normalized spacial score (nSPS) is 11.9. The van der Waals surface area contributed by atoms with Crippen LogP contribution in [0.5, 0.6) is 0 Å². The Labute approximate surface area is 117 Å². The maximum absolute atomic E-state index is 11.4. The van der Waals surface area contributed by atoms with E-state index in [1.807, 2.05) is 44.2 Å². The molecular formula is C15H17N3O2. The minimum absolute atomic E-state index is 0.276. The minimum atomic E-state index is -0.859. The second-order valence-electron chi connectivity index (χ2n) is 4.63. The van der Waals surface area contributed by atoms with E-state index >= 15 is 0 Å². The first-order valence-corrected chi connectivity index (χ1v) is 6.40. The van der Waals surface area contributed by atoms with Crippen molar-refractivity contribution in [3.8, 4) is 0 Å². The van der Waals surface area contributed by atoms with Gasteiger partial charge in [0.15, 0.2) is 0 Å². The average Bonchev–Trinajstić information content (AvgIpc) is 2.43. The number of anilines is 1. The van der Waals surface area contributed by atoms with Crippen molar-refractivity contribution in [2.75, 3.05) is 11.9 Å². The predicted octanol–water partition coefficient (Wildman–Crippen LogP) is 2.37. The molecule has 5 nitrogen and oxygen atoms in total. The van der Waals surface area contributed by atoms with E-state index in [9.17, 15) is 9.90 Å². The Balaban J connectivity index is 2.14. The van der Waals surface area contributed by atoms with Crippen LogP contribution in [0.25, 0.3) is 0 Å². The largest absolute Gasteiger partial charge is 0.481 e. The van der Waals surface area contributed by atoms with Crippen LogP contribution in [0.15, 0.2) is 36.5 Å². The summed E-state index contributed by atoms with van der Waals surface area (Å²) in [6, 6.07) is 9.17. The summed E-state index contributed by atoms with van der Waals surface area (Å²) >= 11 is 0. The molecular weight excluding hydrogens is 254 g/mol. The second-order valence-corrected chi connectivity index (χ2v) is 4.63. The number of benzene rings is 1. The number of hydrogen-bond donors (Lipinski definition) is 2. The van der Waals surface area contributed by atoms with Crippen LogP contribution in [0.2, 0.25) is 0 Å². The molecule has 2 N–H and O–H groups in total. The number of carbonyl (C=O) groups is 1. The Kier molecular flexibility index (Phi) is 4.30. The summed E-state index contributed by atoms with van der Waals surface area (Å²) < 4.78 is 0. The number of aliphatic carboxylic acids is 1. The smallest absolute Gasteiger partial charge is 0.312 e. The molecule has 0 radical (unpaired) electrons. The van der Waals surface area contributed by atoms with E-state index in [1.165, 1.54) is 0 Å². The summed E-state index contributed by atoms with van der Waals surface area (Å²) in [4.78, 5) is 19.9. The molecule has 0 aliphatic carbocycles. The van der Waals surface area contributed by atoms with Crippen molar-refractivity contribution in [3.05, 3.63) is 53.5 Å². The zero-order valence-electron chi connectivity index (χ0n) is 11.5. The van der Waals surface area contributed by atoms with Gasteiger partial charge in [-0.1, -0.05) is 30.3 Å². The molecule has 0 aliphatic rings. The van der Waals surface area contributed by atoms with E-state index in [1.54, 1.807) is 6.20 Å². The number of carboxylic acids is 1. The Morgan fingerprint density at radius 1 is 1.30 bits per heavy atom. The van der Waals surface area contributed by atoms with E-state index in [2.05, 4.69) is 15.3 Å². The molecule has 1 unspecified atom stereocenters. The van der Waals surface area contributed by atoms with Crippen LogP contribution in [-0.4, -0.2) is 27.6 Å². The molecule has 104 valence electrons. The molecule has 0 saturated carbocycles. The minimum Gasteiger partial charge on any atom is -0.481 e. The van der Waals surface area contributed by atoms with Gasteiger partial charge in [-0.05, 0) is 19.4 Å². The molecule has 0 spiro atoms. The third kappa shape index (κ3) is 3.32. The summed E-state index contributed by atoms with van der Waals surface area (Å²) in [5, 5.41) is 12.4. The van der Waals surface area contributed by atoms with E-state index in [0.717, 1.165) is 17.0 Å². The average molecular weight is 271 g/mol. The van der Waals surface area contributed by atoms with Crippen LogP contribution in [-0.2, 0) is 4.79 Å². The summed E-state index contributed by atoms with van der Waals surface area (Å²) in [5.41, 5.74) is 2.32. The van der Waals surface area contributed by atoms with Gasteiger partial charge in [-0.25, -0.2) is 4.98 Å². The number of aryl methyl sites for hydroxylation is 2. The molecule has 1 heterocycles. The lowest BCUT2D eigenvalue weighted by Crippen LogP contribution is -2.21. The quantitative estimate of drug-likeness (QED) is 0.873. The highest BCUT2D eigenvalue weighted by Crippen LogP contribution is 2.17. The van der Waals surface area contributed by atoms with Gasteiger partial charge in [-0.3, -0.25) is 9.78 Å². The molecule has 0 saturated heterocycles. The molecule has 5 heteroatoms. The lowest BCUT2D eigenvalue weighted by molar-refractivity contribution is -0.138. The van der Waals surface area contributed by atoms with Crippen LogP contribution in [0.4, 0.5) is 5.82 Å². The van der Waals surface area contributed by atoms with Gasteiger partial charge in [0.1, 0.15) is 5.82 Å². The maximum Gasteiger partial charge on any atom is 0.312 e. The van der Waals surface area contributed by atoms with Crippen molar-refractivity contribution in [3.63, 3.8) is 0 Å². The molecule has 0 bridgehead atoms. The highest BCUT2D eigenvalue weighted by molar-refractivity contribution is 5.76. The fourth-order valence-corrected chi connectivity index (χ4v) is 1.94. The molecule has 2 rings (SSSR count). The first kappa shape index (κ1) is 14.0. The molecule has 20 heavy (non-hydrogen) atoms. The Bertz CT molecular complexity index is 599. The fourth-order valence-electron chi connectivity index (χ4n) is 1.94. The van der Waals surface area contributed by atoms with Gasteiger partial charge in [0.05, 0.1) is 17.3 Å². The van der Waals surface area contributed by atoms with Crippen LogP contribution in [0, 0.1) is 13.8 Å². The SMILES string of the molecule is Cc1cnc(C)c(NCC(C(=O)O)c2ccccc2)n1. The standard InChI is InChI=1S/C15H17N3O2/c1-10-8-16-11(2)14(18-10)17-9-13(15(19)20)12-6-4-3-5-7-12/h3-8,13H,9H2,1-2H3,(H,17,18)(H,19,20). The van der Waals surface area contributed by atoms with E-state index in [-0.39, 0.29) is 6.54 Å². The van der Waals surface area contributed by atoms with Crippen molar-refractivity contribution >= 4 is 11.8 Å². The van der Waals surface area contributed by atoms with E-state index in [0.29, 0.717) is 5.82 Å². The Morgan fingerprint density at radius 2 is 2.00 bits per heavy atom. The van der Waals surface area contributed by atoms with Crippen LogP contribution in [0.1, 0.15) is 22.9 Å². The second kappa shape index (κ2) is 6.14. The number of nitrogens with zero attached hydrogens (tertiary/aromatic N) is 2. The van der Waals surface area contributed by atoms with Gasteiger partial charge in [-0.2, -0.15) is 0 Å². The first-order valence-electron chi connectivity index (χ1n) is 6.40. The van der Waals surface area contributed by atoms with Crippen molar-refractivity contribution in [2.24, 2.45) is 0 Å². The van der Waals surface area contributed by atoms with Gasteiger partial charge in [0, 0.05) is 12.7 Å². The summed E-state index contributed by atoms with van der Waals surface area (Å²) in [5.74, 6) is -0.841. The fraction of sp³-hybridized carbons (Fsp3) is 0.267. The topological polar surface area (TPSA) is 75.1 Å². The van der Waals surface area contributed by atoms with Crippen LogP contribution >= 0.6 is 0 Å². The van der Waals surface area contributed by atoms with Crippen LogP contribution in [0.3, 0.4) is 0 Å². The van der Waals surface area contributed by atoms with Gasteiger partial charge >= 0.3 is 5.97 Å². The zero-order chi connectivity index (χ0) is 14.5. The molecule has 0 aliphatic heterocycles. The molecule has 2 aromatic rings. The highest BCUT2D eigenvalue weighted by atomic mass is 16.4. The van der Waals surface area contributed by atoms with Crippen molar-refractivity contribution in [1.82, 2.24) is 9.97 Å². The molecule has 0 fully saturated rings. The summed E-state index contributed by atoms with van der Waals surface area (Å²) in [6.07, 6.45) is 1.69. The maximum atomic E-state index is 11.4. The molecule has 0 amide bonds. The zero-order valence-corrected chi connectivity index (χ0v) is 11.5. The van der Waals surface area contributed by atoms with Gasteiger partial charge in [-0.15, -0.1) is 0 Å². The van der Waals surface area contributed by atoms with E-state index in [4.69, 9.17) is 0 Å². The number of hydrogen-bond acceptors (Lipinski definition) is 4. The molecule has 1 aromatic heterocycles. The Morgan fingerprint density at radius 3 is 2.65 bits per heavy atom. The number of rotatable bonds is 5. The van der Waals surface area contributed by atoms with Crippen LogP contribution < -0.4 is 5.32 Å². The van der Waals surface area contributed by atoms with Gasteiger partial charge < -0.3 is 10.4 Å². The highest BCUT2D eigenvalue weighted by Gasteiger charge is 2.19.